The highest BCUT2D eigenvalue weighted by atomic mass is 16.4. The van der Waals surface area contributed by atoms with Crippen molar-refractivity contribution >= 4 is 17.8 Å². The number of hydrogen-bond acceptors (Lipinski definition) is 3. The zero-order valence-corrected chi connectivity index (χ0v) is 13.1. The Labute approximate surface area is 130 Å². The fraction of sp³-hybridized carbons (Fsp3) is 0.812. The third-order valence-electron chi connectivity index (χ3n) is 5.57. The quantitative estimate of drug-likeness (QED) is 0.847. The van der Waals surface area contributed by atoms with Gasteiger partial charge in [0.1, 0.15) is 0 Å². The molecular formula is C16H24N2O4. The van der Waals surface area contributed by atoms with Crippen LogP contribution in [0.15, 0.2) is 0 Å². The Balaban J connectivity index is 1.62. The predicted molar refractivity (Wildman–Crippen MR) is 79.0 cm³/mol. The first-order chi connectivity index (χ1) is 10.4. The van der Waals surface area contributed by atoms with Crippen LogP contribution in [-0.4, -0.2) is 58.4 Å². The number of nitrogens with zero attached hydrogens (tertiary/aromatic N) is 2. The van der Waals surface area contributed by atoms with E-state index in [0.29, 0.717) is 25.6 Å². The normalized spacial score (nSPS) is 33.0. The average Bonchev–Trinajstić information content (AvgIpc) is 3.17. The average molecular weight is 308 g/mol. The Morgan fingerprint density at radius 3 is 2.55 bits per heavy atom. The van der Waals surface area contributed by atoms with Crippen LogP contribution in [-0.2, 0) is 14.4 Å². The van der Waals surface area contributed by atoms with E-state index in [-0.39, 0.29) is 30.7 Å². The van der Waals surface area contributed by atoms with Crippen molar-refractivity contribution in [3.05, 3.63) is 0 Å². The maximum Gasteiger partial charge on any atom is 0.311 e. The van der Waals surface area contributed by atoms with Gasteiger partial charge in [0.25, 0.3) is 0 Å². The summed E-state index contributed by atoms with van der Waals surface area (Å²) in [4.78, 5) is 39.6. The molecule has 6 nitrogen and oxygen atoms in total. The molecule has 2 atom stereocenters. The van der Waals surface area contributed by atoms with E-state index in [0.717, 1.165) is 25.7 Å². The van der Waals surface area contributed by atoms with Crippen LogP contribution in [0.3, 0.4) is 0 Å². The van der Waals surface area contributed by atoms with Crippen LogP contribution in [0.4, 0.5) is 0 Å². The molecule has 1 aliphatic carbocycles. The van der Waals surface area contributed by atoms with Gasteiger partial charge >= 0.3 is 5.97 Å². The summed E-state index contributed by atoms with van der Waals surface area (Å²) in [6.07, 6.45) is 5.20. The molecule has 0 spiro atoms. The fourth-order valence-corrected chi connectivity index (χ4v) is 4.05. The number of carbonyl (C=O) groups is 3. The number of hydrogen-bond donors (Lipinski definition) is 1. The number of carbonyl (C=O) groups excluding carboxylic acids is 2. The third kappa shape index (κ3) is 2.59. The van der Waals surface area contributed by atoms with Crippen molar-refractivity contribution in [2.45, 2.75) is 51.5 Å². The lowest BCUT2D eigenvalue weighted by Crippen LogP contribution is -2.40. The summed E-state index contributed by atoms with van der Waals surface area (Å²) in [5.41, 5.74) is -0.844. The van der Waals surface area contributed by atoms with Gasteiger partial charge in [-0.2, -0.15) is 0 Å². The topological polar surface area (TPSA) is 77.9 Å². The Kier molecular flexibility index (Phi) is 3.87. The molecule has 122 valence electrons. The molecule has 2 amide bonds. The molecule has 1 N–H and O–H groups in total. The van der Waals surface area contributed by atoms with Gasteiger partial charge in [-0.15, -0.1) is 0 Å². The van der Waals surface area contributed by atoms with Crippen LogP contribution in [0.5, 0.6) is 0 Å². The lowest BCUT2D eigenvalue weighted by Gasteiger charge is -2.25. The zero-order valence-electron chi connectivity index (χ0n) is 13.1. The van der Waals surface area contributed by atoms with Crippen LogP contribution in [0, 0.1) is 11.3 Å². The Morgan fingerprint density at radius 1 is 1.27 bits per heavy atom. The van der Waals surface area contributed by atoms with E-state index in [1.165, 1.54) is 0 Å². The summed E-state index contributed by atoms with van der Waals surface area (Å²) >= 11 is 0. The second-order valence-corrected chi connectivity index (χ2v) is 7.26. The maximum atomic E-state index is 12.6. The van der Waals surface area contributed by atoms with E-state index in [4.69, 9.17) is 0 Å². The molecule has 0 aromatic heterocycles. The van der Waals surface area contributed by atoms with E-state index in [9.17, 15) is 19.5 Å². The van der Waals surface area contributed by atoms with Crippen LogP contribution in [0.25, 0.3) is 0 Å². The number of carboxylic acid groups (broad SMARTS) is 1. The predicted octanol–water partition coefficient (Wildman–Crippen LogP) is 1.10. The molecular weight excluding hydrogens is 284 g/mol. The van der Waals surface area contributed by atoms with Crippen molar-refractivity contribution in [3.63, 3.8) is 0 Å². The first kappa shape index (κ1) is 15.3. The first-order valence-electron chi connectivity index (χ1n) is 8.22. The molecule has 3 fully saturated rings. The number of amides is 2. The summed E-state index contributed by atoms with van der Waals surface area (Å²) in [7, 11) is 0. The number of carboxylic acids is 1. The second-order valence-electron chi connectivity index (χ2n) is 7.26. The Morgan fingerprint density at radius 2 is 1.95 bits per heavy atom. The smallest absolute Gasteiger partial charge is 0.311 e. The van der Waals surface area contributed by atoms with Gasteiger partial charge in [0.2, 0.25) is 11.8 Å². The molecule has 0 aromatic carbocycles. The summed E-state index contributed by atoms with van der Waals surface area (Å²) in [6.45, 7) is 2.95. The molecule has 0 bridgehead atoms. The van der Waals surface area contributed by atoms with Gasteiger partial charge in [-0.1, -0.05) is 12.8 Å². The van der Waals surface area contributed by atoms with E-state index in [1.807, 2.05) is 4.90 Å². The van der Waals surface area contributed by atoms with E-state index in [1.54, 1.807) is 11.8 Å². The molecule has 2 saturated heterocycles. The molecule has 0 unspecified atom stereocenters. The Hall–Kier alpha value is -1.59. The highest BCUT2D eigenvalue weighted by Gasteiger charge is 2.46. The van der Waals surface area contributed by atoms with E-state index >= 15 is 0 Å². The molecule has 1 saturated carbocycles. The van der Waals surface area contributed by atoms with Crippen LogP contribution < -0.4 is 0 Å². The molecule has 2 aliphatic heterocycles. The van der Waals surface area contributed by atoms with Crippen LogP contribution >= 0.6 is 0 Å². The van der Waals surface area contributed by atoms with Crippen molar-refractivity contribution in [3.8, 4) is 0 Å². The standard InChI is InChI=1S/C16H24N2O4/c1-16(15(21)22)6-7-17(10-16)14(20)11-8-13(19)18(9-11)12-4-2-3-5-12/h11-12H,2-10H2,1H3,(H,21,22)/t11-,16+/m1/s1. The summed E-state index contributed by atoms with van der Waals surface area (Å²) in [5, 5.41) is 9.26. The van der Waals surface area contributed by atoms with Crippen LogP contribution in [0.2, 0.25) is 0 Å². The minimum absolute atomic E-state index is 0.0428. The van der Waals surface area contributed by atoms with E-state index in [2.05, 4.69) is 0 Å². The van der Waals surface area contributed by atoms with Gasteiger partial charge in [-0.05, 0) is 26.2 Å². The van der Waals surface area contributed by atoms with Crippen LogP contribution in [0.1, 0.15) is 45.4 Å². The zero-order chi connectivity index (χ0) is 15.9. The molecule has 22 heavy (non-hydrogen) atoms. The highest BCUT2D eigenvalue weighted by Crippen LogP contribution is 2.34. The SMILES string of the molecule is C[C@]1(C(=O)O)CCN(C(=O)[C@@H]2CC(=O)N(C3CCCC3)C2)C1. The van der Waals surface area contributed by atoms with Gasteiger partial charge < -0.3 is 14.9 Å². The van der Waals surface area contributed by atoms with Crippen molar-refractivity contribution in [2.24, 2.45) is 11.3 Å². The second kappa shape index (κ2) is 5.56. The van der Waals surface area contributed by atoms with Gasteiger partial charge in [-0.25, -0.2) is 0 Å². The summed E-state index contributed by atoms with van der Waals surface area (Å²) in [5.74, 6) is -1.09. The molecule has 6 heteroatoms. The lowest BCUT2D eigenvalue weighted by atomic mass is 9.90. The minimum atomic E-state index is -0.849. The van der Waals surface area contributed by atoms with Crippen molar-refractivity contribution in [1.29, 1.82) is 0 Å². The number of rotatable bonds is 3. The fourth-order valence-electron chi connectivity index (χ4n) is 4.05. The lowest BCUT2D eigenvalue weighted by molar-refractivity contribution is -0.147. The van der Waals surface area contributed by atoms with Crippen molar-refractivity contribution in [2.75, 3.05) is 19.6 Å². The van der Waals surface area contributed by atoms with Gasteiger partial charge in [0, 0.05) is 32.1 Å². The molecule has 3 rings (SSSR count). The van der Waals surface area contributed by atoms with E-state index < -0.39 is 11.4 Å². The minimum Gasteiger partial charge on any atom is -0.481 e. The first-order valence-corrected chi connectivity index (χ1v) is 8.22. The van der Waals surface area contributed by atoms with Gasteiger partial charge in [-0.3, -0.25) is 14.4 Å². The third-order valence-corrected chi connectivity index (χ3v) is 5.57. The summed E-state index contributed by atoms with van der Waals surface area (Å²) < 4.78 is 0. The van der Waals surface area contributed by atoms with Gasteiger partial charge in [0.15, 0.2) is 0 Å². The number of aliphatic carboxylic acids is 1. The largest absolute Gasteiger partial charge is 0.481 e. The summed E-state index contributed by atoms with van der Waals surface area (Å²) in [6, 6.07) is 0.313. The van der Waals surface area contributed by atoms with Crippen molar-refractivity contribution in [1.82, 2.24) is 9.80 Å². The molecule has 3 aliphatic rings. The molecule has 0 radical (unpaired) electrons. The molecule has 2 heterocycles. The van der Waals surface area contributed by atoms with Crippen molar-refractivity contribution < 1.29 is 19.5 Å². The highest BCUT2D eigenvalue weighted by molar-refractivity contribution is 5.90. The number of likely N-dealkylation sites (tertiary alicyclic amines) is 2. The maximum absolute atomic E-state index is 12.6. The Bertz CT molecular complexity index is 500. The molecule has 0 aromatic rings. The van der Waals surface area contributed by atoms with Gasteiger partial charge in [0.05, 0.1) is 11.3 Å². The monoisotopic (exact) mass is 308 g/mol.